The van der Waals surface area contributed by atoms with Crippen molar-refractivity contribution in [2.75, 3.05) is 18.8 Å². The number of pyridine rings is 1. The summed E-state index contributed by atoms with van der Waals surface area (Å²) in [5.41, 5.74) is 3.19. The van der Waals surface area contributed by atoms with Gasteiger partial charge in [-0.25, -0.2) is 17.5 Å². The summed E-state index contributed by atoms with van der Waals surface area (Å²) >= 11 is 0. The SMILES string of the molecule is C[C@]12Cc3cnn(-c4ccc(F)cc4)c3C=C1CC[C@@H]2CN(CC(O)c1ccccn1)S(=O)(=O)CC(F)(F)F. The molecule has 1 N–H and O–H groups in total. The first-order valence-corrected chi connectivity index (χ1v) is 14.1. The molecule has 0 bridgehead atoms. The number of hydrogen-bond donors (Lipinski definition) is 1. The molecule has 3 atom stereocenters. The minimum atomic E-state index is -4.92. The number of rotatable bonds is 8. The molecule has 1 fully saturated rings. The van der Waals surface area contributed by atoms with Gasteiger partial charge in [-0.1, -0.05) is 18.6 Å². The molecule has 7 nitrogen and oxygen atoms in total. The second-order valence-electron chi connectivity index (χ2n) is 10.4. The summed E-state index contributed by atoms with van der Waals surface area (Å²) in [4.78, 5) is 4.02. The fraction of sp³-hybridized carbons (Fsp3) is 0.407. The normalized spacial score (nSPS) is 21.9. The zero-order valence-electron chi connectivity index (χ0n) is 21.1. The first-order valence-electron chi connectivity index (χ1n) is 12.5. The van der Waals surface area contributed by atoms with Crippen molar-refractivity contribution in [3.05, 3.63) is 83.2 Å². The minimum absolute atomic E-state index is 0.169. The van der Waals surface area contributed by atoms with Gasteiger partial charge in [0.25, 0.3) is 0 Å². The maximum absolute atomic E-state index is 13.4. The van der Waals surface area contributed by atoms with Gasteiger partial charge in [0.2, 0.25) is 10.0 Å². The van der Waals surface area contributed by atoms with Crippen LogP contribution in [0, 0.1) is 17.2 Å². The van der Waals surface area contributed by atoms with Crippen LogP contribution in [0.2, 0.25) is 0 Å². The number of hydrogen-bond acceptors (Lipinski definition) is 5. The van der Waals surface area contributed by atoms with E-state index in [0.717, 1.165) is 21.1 Å². The highest BCUT2D eigenvalue weighted by Gasteiger charge is 2.48. The molecular weight excluding hydrogens is 536 g/mol. The Kier molecular flexibility index (Phi) is 7.15. The van der Waals surface area contributed by atoms with Gasteiger partial charge in [-0.05, 0) is 78.6 Å². The number of alkyl halides is 3. The van der Waals surface area contributed by atoms with Crippen LogP contribution < -0.4 is 0 Å². The largest absolute Gasteiger partial charge is 0.404 e. The number of allylic oxidation sites excluding steroid dienone is 1. The first kappa shape index (κ1) is 27.5. The molecule has 2 aliphatic rings. The van der Waals surface area contributed by atoms with Crippen LogP contribution in [0.25, 0.3) is 11.8 Å². The highest BCUT2D eigenvalue weighted by Crippen LogP contribution is 2.53. The number of fused-ring (bicyclic) bond motifs is 2. The number of benzene rings is 1. The number of aromatic nitrogens is 3. The van der Waals surface area contributed by atoms with Crippen LogP contribution in [0.5, 0.6) is 0 Å². The molecule has 208 valence electrons. The van der Waals surface area contributed by atoms with Gasteiger partial charge >= 0.3 is 6.18 Å². The molecule has 2 aromatic heterocycles. The molecule has 0 amide bonds. The molecule has 0 spiro atoms. The molecule has 1 saturated carbocycles. The van der Waals surface area contributed by atoms with E-state index in [4.69, 9.17) is 0 Å². The van der Waals surface area contributed by atoms with Crippen LogP contribution in [0.4, 0.5) is 17.6 Å². The second-order valence-corrected chi connectivity index (χ2v) is 12.4. The molecule has 1 aromatic carbocycles. The Labute approximate surface area is 223 Å². The van der Waals surface area contributed by atoms with Crippen molar-refractivity contribution >= 4 is 16.1 Å². The summed E-state index contributed by atoms with van der Waals surface area (Å²) in [6.07, 6.45) is 0.586. The monoisotopic (exact) mass is 564 g/mol. The van der Waals surface area contributed by atoms with Crippen molar-refractivity contribution in [3.63, 3.8) is 0 Å². The lowest BCUT2D eigenvalue weighted by Gasteiger charge is -2.38. The third kappa shape index (κ3) is 5.64. The summed E-state index contributed by atoms with van der Waals surface area (Å²) < 4.78 is 81.6. The summed E-state index contributed by atoms with van der Waals surface area (Å²) in [7, 11) is -4.78. The topological polar surface area (TPSA) is 88.3 Å². The van der Waals surface area contributed by atoms with Gasteiger partial charge in [0.1, 0.15) is 11.9 Å². The number of sulfonamides is 1. The van der Waals surface area contributed by atoms with Gasteiger partial charge in [-0.2, -0.15) is 22.6 Å². The lowest BCUT2D eigenvalue weighted by molar-refractivity contribution is -0.107. The highest BCUT2D eigenvalue weighted by atomic mass is 32.2. The Morgan fingerprint density at radius 3 is 2.62 bits per heavy atom. The molecule has 0 saturated heterocycles. The average Bonchev–Trinajstić information content (AvgIpc) is 3.41. The van der Waals surface area contributed by atoms with Gasteiger partial charge in [-0.3, -0.25) is 4.98 Å². The summed E-state index contributed by atoms with van der Waals surface area (Å²) in [5, 5.41) is 15.2. The molecule has 1 unspecified atom stereocenters. The predicted octanol–water partition coefficient (Wildman–Crippen LogP) is 4.69. The van der Waals surface area contributed by atoms with Crippen molar-refractivity contribution in [2.24, 2.45) is 11.3 Å². The van der Waals surface area contributed by atoms with E-state index in [1.165, 1.54) is 24.4 Å². The predicted molar refractivity (Wildman–Crippen MR) is 137 cm³/mol. The van der Waals surface area contributed by atoms with E-state index in [-0.39, 0.29) is 24.0 Å². The van der Waals surface area contributed by atoms with Gasteiger partial charge in [0.05, 0.1) is 23.3 Å². The van der Waals surface area contributed by atoms with E-state index in [1.807, 2.05) is 13.0 Å². The molecular formula is C27H28F4N4O3S. The molecule has 12 heteroatoms. The van der Waals surface area contributed by atoms with E-state index >= 15 is 0 Å². The standard InChI is InChI=1S/C27H28F4N4O3S/c1-26-13-18-14-33-35(22-9-7-21(28)8-10-22)24(18)12-19(26)5-6-20(26)15-34(39(37,38)17-27(29,30)31)16-25(36)23-4-2-3-11-32-23/h2-4,7-12,14,20,25,36H,5-6,13,15-17H2,1H3/t20-,25?,26+/m1/s1. The van der Waals surface area contributed by atoms with E-state index < -0.39 is 40.0 Å². The Morgan fingerprint density at radius 1 is 1.21 bits per heavy atom. The molecule has 39 heavy (non-hydrogen) atoms. The number of nitrogens with zero attached hydrogens (tertiary/aromatic N) is 4. The van der Waals surface area contributed by atoms with Crippen LogP contribution in [-0.2, 0) is 16.4 Å². The summed E-state index contributed by atoms with van der Waals surface area (Å²) in [6, 6.07) is 10.7. The van der Waals surface area contributed by atoms with Crippen molar-refractivity contribution in [1.82, 2.24) is 19.1 Å². The zero-order chi connectivity index (χ0) is 28.0. The van der Waals surface area contributed by atoms with E-state index in [2.05, 4.69) is 10.1 Å². The van der Waals surface area contributed by atoms with Gasteiger partial charge in [-0.15, -0.1) is 0 Å². The van der Waals surface area contributed by atoms with Crippen LogP contribution in [0.3, 0.4) is 0 Å². The number of aliphatic hydroxyl groups is 1. The Balaban J connectivity index is 1.42. The maximum Gasteiger partial charge on any atom is 0.404 e. The van der Waals surface area contributed by atoms with Crippen LogP contribution >= 0.6 is 0 Å². The third-order valence-electron chi connectivity index (χ3n) is 7.79. The number of halogens is 4. The zero-order valence-corrected chi connectivity index (χ0v) is 22.0. The molecule has 5 rings (SSSR count). The first-order chi connectivity index (χ1) is 18.4. The van der Waals surface area contributed by atoms with Gasteiger partial charge in [0, 0.05) is 19.3 Å². The fourth-order valence-electron chi connectivity index (χ4n) is 5.72. The fourth-order valence-corrected chi connectivity index (χ4v) is 7.09. The molecule has 2 heterocycles. The van der Waals surface area contributed by atoms with Crippen molar-refractivity contribution < 1.29 is 31.1 Å². The van der Waals surface area contributed by atoms with Crippen LogP contribution in [0.1, 0.15) is 42.8 Å². The second kappa shape index (κ2) is 10.1. The maximum atomic E-state index is 13.4. The highest BCUT2D eigenvalue weighted by molar-refractivity contribution is 7.89. The van der Waals surface area contributed by atoms with Crippen molar-refractivity contribution in [3.8, 4) is 5.69 Å². The molecule has 0 aliphatic heterocycles. The summed E-state index contributed by atoms with van der Waals surface area (Å²) in [6.45, 7) is 1.30. The van der Waals surface area contributed by atoms with Crippen molar-refractivity contribution in [1.29, 1.82) is 0 Å². The quantitative estimate of drug-likeness (QED) is 0.401. The Hall–Kier alpha value is -3.09. The minimum Gasteiger partial charge on any atom is -0.385 e. The Bertz CT molecular complexity index is 1470. The van der Waals surface area contributed by atoms with Crippen LogP contribution in [0.15, 0.2) is 60.4 Å². The van der Waals surface area contributed by atoms with Crippen LogP contribution in [-0.4, -0.2) is 57.6 Å². The Morgan fingerprint density at radius 2 is 1.95 bits per heavy atom. The average molecular weight is 565 g/mol. The van der Waals surface area contributed by atoms with Gasteiger partial charge in [0.15, 0.2) is 5.75 Å². The lowest BCUT2D eigenvalue weighted by atomic mass is 9.70. The van der Waals surface area contributed by atoms with E-state index in [0.29, 0.717) is 24.9 Å². The van der Waals surface area contributed by atoms with E-state index in [9.17, 15) is 31.1 Å². The van der Waals surface area contributed by atoms with Gasteiger partial charge < -0.3 is 5.11 Å². The van der Waals surface area contributed by atoms with E-state index in [1.54, 1.807) is 35.1 Å². The summed E-state index contributed by atoms with van der Waals surface area (Å²) in [5.74, 6) is -2.65. The molecule has 2 aliphatic carbocycles. The number of aliphatic hydroxyl groups excluding tert-OH is 1. The molecule has 0 radical (unpaired) electrons. The lowest BCUT2D eigenvalue weighted by Crippen LogP contribution is -2.45. The third-order valence-corrected chi connectivity index (χ3v) is 9.57. The smallest absolute Gasteiger partial charge is 0.385 e. The molecule has 3 aromatic rings. The van der Waals surface area contributed by atoms with Crippen molar-refractivity contribution in [2.45, 2.75) is 38.5 Å².